The number of rotatable bonds is 6. The van der Waals surface area contributed by atoms with E-state index < -0.39 is 0 Å². The van der Waals surface area contributed by atoms with Gasteiger partial charge in [0.1, 0.15) is 5.82 Å². The van der Waals surface area contributed by atoms with Gasteiger partial charge in [-0.25, -0.2) is 9.97 Å². The van der Waals surface area contributed by atoms with Crippen molar-refractivity contribution in [2.75, 3.05) is 33.4 Å². The van der Waals surface area contributed by atoms with Crippen molar-refractivity contribution in [3.63, 3.8) is 0 Å². The minimum Gasteiger partial charge on any atom is -0.493 e. The summed E-state index contributed by atoms with van der Waals surface area (Å²) in [7, 11) is 4.73. The summed E-state index contributed by atoms with van der Waals surface area (Å²) >= 11 is 0. The Morgan fingerprint density at radius 3 is 2.31 bits per heavy atom. The van der Waals surface area contributed by atoms with Crippen LogP contribution in [0.4, 0.5) is 11.5 Å². The first-order chi connectivity index (χ1) is 15.7. The van der Waals surface area contributed by atoms with E-state index in [-0.39, 0.29) is 6.79 Å². The van der Waals surface area contributed by atoms with Crippen LogP contribution < -0.4 is 29.0 Å². The summed E-state index contributed by atoms with van der Waals surface area (Å²) in [5.41, 5.74) is 2.36. The molecule has 32 heavy (non-hydrogen) atoms. The van der Waals surface area contributed by atoms with Crippen LogP contribution in [0.15, 0.2) is 54.6 Å². The van der Waals surface area contributed by atoms with E-state index in [0.717, 1.165) is 27.9 Å². The fourth-order valence-electron chi connectivity index (χ4n) is 3.62. The second-order valence-electron chi connectivity index (χ2n) is 7.02. The van der Waals surface area contributed by atoms with Crippen molar-refractivity contribution < 1.29 is 23.7 Å². The van der Waals surface area contributed by atoms with Gasteiger partial charge < -0.3 is 29.0 Å². The lowest BCUT2D eigenvalue weighted by atomic mass is 10.1. The van der Waals surface area contributed by atoms with Crippen molar-refractivity contribution in [1.29, 1.82) is 0 Å². The van der Waals surface area contributed by atoms with Crippen molar-refractivity contribution in [2.45, 2.75) is 0 Å². The Balaban J connectivity index is 1.63. The fraction of sp³-hybridized carbons (Fsp3) is 0.167. The first kappa shape index (κ1) is 19.7. The molecular weight excluding hydrogens is 410 g/mol. The third kappa shape index (κ3) is 3.45. The van der Waals surface area contributed by atoms with Crippen LogP contribution >= 0.6 is 0 Å². The quantitative estimate of drug-likeness (QED) is 0.466. The van der Waals surface area contributed by atoms with Gasteiger partial charge in [-0.2, -0.15) is 0 Å². The van der Waals surface area contributed by atoms with E-state index in [1.807, 2.05) is 54.6 Å². The number of methoxy groups -OCH3 is 3. The third-order valence-electron chi connectivity index (χ3n) is 5.16. The van der Waals surface area contributed by atoms with Crippen LogP contribution in [0, 0.1) is 0 Å². The van der Waals surface area contributed by atoms with Crippen molar-refractivity contribution in [3.8, 4) is 40.1 Å². The van der Waals surface area contributed by atoms with Gasteiger partial charge >= 0.3 is 0 Å². The Morgan fingerprint density at radius 1 is 0.812 bits per heavy atom. The van der Waals surface area contributed by atoms with Crippen LogP contribution in [-0.4, -0.2) is 38.1 Å². The summed E-state index contributed by atoms with van der Waals surface area (Å²) in [6, 6.07) is 17.2. The monoisotopic (exact) mass is 431 g/mol. The highest BCUT2D eigenvalue weighted by Gasteiger charge is 2.18. The number of hydrogen-bond donors (Lipinski definition) is 1. The summed E-state index contributed by atoms with van der Waals surface area (Å²) in [4.78, 5) is 9.58. The largest absolute Gasteiger partial charge is 0.493 e. The van der Waals surface area contributed by atoms with Crippen LogP contribution in [0.5, 0.6) is 28.7 Å². The molecule has 0 spiro atoms. The predicted molar refractivity (Wildman–Crippen MR) is 120 cm³/mol. The van der Waals surface area contributed by atoms with E-state index in [9.17, 15) is 0 Å². The molecular formula is C24H21N3O5. The summed E-state index contributed by atoms with van der Waals surface area (Å²) in [6.07, 6.45) is 0. The van der Waals surface area contributed by atoms with E-state index in [2.05, 4.69) is 5.32 Å². The zero-order valence-electron chi connectivity index (χ0n) is 17.8. The number of anilines is 2. The molecule has 0 amide bonds. The van der Waals surface area contributed by atoms with Gasteiger partial charge in [0.15, 0.2) is 28.8 Å². The molecule has 1 aliphatic heterocycles. The smallest absolute Gasteiger partial charge is 0.231 e. The highest BCUT2D eigenvalue weighted by atomic mass is 16.7. The Labute approximate surface area is 184 Å². The summed E-state index contributed by atoms with van der Waals surface area (Å²) in [5.74, 6) is 4.18. The van der Waals surface area contributed by atoms with Gasteiger partial charge in [-0.3, -0.25) is 0 Å². The Kier molecular flexibility index (Phi) is 5.03. The van der Waals surface area contributed by atoms with Crippen molar-refractivity contribution in [1.82, 2.24) is 9.97 Å². The van der Waals surface area contributed by atoms with Crippen molar-refractivity contribution >= 4 is 22.4 Å². The molecule has 0 saturated heterocycles. The molecule has 1 aromatic heterocycles. The lowest BCUT2D eigenvalue weighted by Crippen LogP contribution is -2.01. The van der Waals surface area contributed by atoms with Gasteiger partial charge in [0.05, 0.1) is 26.8 Å². The van der Waals surface area contributed by atoms with Gasteiger partial charge in [-0.15, -0.1) is 0 Å². The summed E-state index contributed by atoms with van der Waals surface area (Å²) < 4.78 is 27.3. The van der Waals surface area contributed by atoms with Gasteiger partial charge in [0.25, 0.3) is 0 Å². The molecule has 0 fully saturated rings. The first-order valence-electron chi connectivity index (χ1n) is 9.94. The summed E-state index contributed by atoms with van der Waals surface area (Å²) in [5, 5.41) is 4.28. The van der Waals surface area contributed by atoms with Gasteiger partial charge in [-0.1, -0.05) is 12.1 Å². The third-order valence-corrected chi connectivity index (χ3v) is 5.16. The maximum atomic E-state index is 5.50. The van der Waals surface area contributed by atoms with Crippen LogP contribution in [0.3, 0.4) is 0 Å². The first-order valence-corrected chi connectivity index (χ1v) is 9.94. The van der Waals surface area contributed by atoms with Gasteiger partial charge in [-0.05, 0) is 36.4 Å². The lowest BCUT2D eigenvalue weighted by Gasteiger charge is -2.15. The number of hydrogen-bond acceptors (Lipinski definition) is 8. The minimum atomic E-state index is 0.223. The summed E-state index contributed by atoms with van der Waals surface area (Å²) in [6.45, 7) is 0.223. The number of para-hydroxylation sites is 1. The van der Waals surface area contributed by atoms with Crippen LogP contribution in [0.25, 0.3) is 22.3 Å². The average Bonchev–Trinajstić information content (AvgIpc) is 3.31. The second-order valence-corrected chi connectivity index (χ2v) is 7.02. The molecule has 0 unspecified atom stereocenters. The Bertz CT molecular complexity index is 1280. The van der Waals surface area contributed by atoms with Gasteiger partial charge in [0, 0.05) is 22.7 Å². The molecule has 8 heteroatoms. The topological polar surface area (TPSA) is 84.0 Å². The highest BCUT2D eigenvalue weighted by Crippen LogP contribution is 2.41. The van der Waals surface area contributed by atoms with E-state index in [1.165, 1.54) is 0 Å². The molecule has 1 aliphatic rings. The van der Waals surface area contributed by atoms with E-state index in [0.29, 0.717) is 34.6 Å². The number of ether oxygens (including phenoxy) is 5. The van der Waals surface area contributed by atoms with Gasteiger partial charge in [0.2, 0.25) is 12.5 Å². The maximum Gasteiger partial charge on any atom is 0.231 e. The number of benzene rings is 3. The van der Waals surface area contributed by atoms with E-state index in [4.69, 9.17) is 33.7 Å². The molecule has 0 atom stereocenters. The lowest BCUT2D eigenvalue weighted by molar-refractivity contribution is 0.174. The normalized spacial score (nSPS) is 12.0. The predicted octanol–water partition coefficient (Wildman–Crippen LogP) is 4.79. The number of nitrogens with zero attached hydrogens (tertiary/aromatic N) is 2. The molecule has 3 aromatic carbocycles. The van der Waals surface area contributed by atoms with Crippen LogP contribution in [-0.2, 0) is 0 Å². The molecule has 0 radical (unpaired) electrons. The maximum absolute atomic E-state index is 5.50. The molecule has 162 valence electrons. The molecule has 5 rings (SSSR count). The number of aromatic nitrogens is 2. The molecule has 4 aromatic rings. The molecule has 2 heterocycles. The van der Waals surface area contributed by atoms with Crippen LogP contribution in [0.2, 0.25) is 0 Å². The van der Waals surface area contributed by atoms with E-state index in [1.54, 1.807) is 21.3 Å². The standard InChI is InChI=1S/C24H21N3O5/c1-28-20-10-14(11-21(29-2)22(20)30-3)23-26-17-7-5-4-6-16(17)24(27-23)25-15-8-9-18-19(12-15)32-13-31-18/h4-12H,13H2,1-3H3,(H,25,26,27). The number of nitrogens with one attached hydrogen (secondary N) is 1. The zero-order valence-corrected chi connectivity index (χ0v) is 17.8. The van der Waals surface area contributed by atoms with E-state index >= 15 is 0 Å². The average molecular weight is 431 g/mol. The Morgan fingerprint density at radius 2 is 1.56 bits per heavy atom. The number of fused-ring (bicyclic) bond motifs is 2. The molecule has 0 bridgehead atoms. The van der Waals surface area contributed by atoms with Crippen LogP contribution in [0.1, 0.15) is 0 Å². The zero-order chi connectivity index (χ0) is 22.1. The second kappa shape index (κ2) is 8.14. The highest BCUT2D eigenvalue weighted by molar-refractivity contribution is 5.92. The minimum absolute atomic E-state index is 0.223. The molecule has 1 N–H and O–H groups in total. The SMILES string of the molecule is COc1cc(-c2nc(Nc3ccc4c(c3)OCO4)c3ccccc3n2)cc(OC)c1OC. The van der Waals surface area contributed by atoms with Crippen molar-refractivity contribution in [3.05, 3.63) is 54.6 Å². The molecule has 0 aliphatic carbocycles. The fourth-order valence-corrected chi connectivity index (χ4v) is 3.62. The molecule has 0 saturated carbocycles. The molecule has 8 nitrogen and oxygen atoms in total. The Hall–Kier alpha value is -4.20. The van der Waals surface area contributed by atoms with Crippen molar-refractivity contribution in [2.24, 2.45) is 0 Å².